The van der Waals surface area contributed by atoms with Crippen molar-refractivity contribution in [2.24, 2.45) is 11.7 Å². The fraction of sp³-hybridized carbons (Fsp3) is 0.643. The van der Waals surface area contributed by atoms with Gasteiger partial charge in [-0.2, -0.15) is 0 Å². The summed E-state index contributed by atoms with van der Waals surface area (Å²) in [6.45, 7) is 11.1. The lowest BCUT2D eigenvalue weighted by Crippen LogP contribution is -2.37. The lowest BCUT2D eigenvalue weighted by atomic mass is 10.1. The number of esters is 1. The number of rotatable bonds is 16. The van der Waals surface area contributed by atoms with Crippen LogP contribution < -0.4 is 15.2 Å². The van der Waals surface area contributed by atoms with Crippen LogP contribution >= 0.6 is 0 Å². The van der Waals surface area contributed by atoms with Gasteiger partial charge >= 0.3 is 24.4 Å². The SMILES string of the molecule is CCCCOC(=O)Oc1ccc(C[C@H](N)C(=O)O[C@@H](C)COC(=O)OC(C)C(C)C)cc1OC(=O)OCCCC. The Balaban J connectivity index is 2.80. The van der Waals surface area contributed by atoms with Crippen molar-refractivity contribution in [1.82, 2.24) is 0 Å². The first kappa shape index (κ1) is 34.5. The maximum Gasteiger partial charge on any atom is 0.513 e. The maximum absolute atomic E-state index is 12.5. The van der Waals surface area contributed by atoms with Crippen molar-refractivity contribution in [3.8, 4) is 11.5 Å². The third-order valence-electron chi connectivity index (χ3n) is 5.56. The summed E-state index contributed by atoms with van der Waals surface area (Å²) < 4.78 is 35.8. The van der Waals surface area contributed by atoms with Gasteiger partial charge in [0, 0.05) is 0 Å². The van der Waals surface area contributed by atoms with Gasteiger partial charge in [-0.05, 0) is 56.7 Å². The van der Waals surface area contributed by atoms with Gasteiger partial charge in [0.15, 0.2) is 11.5 Å². The van der Waals surface area contributed by atoms with Crippen LogP contribution in [0.15, 0.2) is 18.2 Å². The van der Waals surface area contributed by atoms with Gasteiger partial charge in [0.05, 0.1) is 13.2 Å². The number of unbranched alkanes of at least 4 members (excludes halogenated alkanes) is 2. The molecule has 12 nitrogen and oxygen atoms in total. The molecule has 0 fully saturated rings. The van der Waals surface area contributed by atoms with E-state index in [1.165, 1.54) is 12.1 Å². The average Bonchev–Trinajstić information content (AvgIpc) is 2.89. The van der Waals surface area contributed by atoms with E-state index in [0.29, 0.717) is 18.4 Å². The Morgan fingerprint density at radius 2 is 1.35 bits per heavy atom. The van der Waals surface area contributed by atoms with Gasteiger partial charge in [0.2, 0.25) is 0 Å². The van der Waals surface area contributed by atoms with Gasteiger partial charge in [-0.3, -0.25) is 4.79 Å². The number of carbonyl (C=O) groups is 4. The van der Waals surface area contributed by atoms with E-state index < -0.39 is 36.6 Å². The lowest BCUT2D eigenvalue weighted by Gasteiger charge is -2.19. The standard InChI is InChI=1S/C28H43NO11/c1-7-9-13-34-26(31)39-23-12-11-21(16-24(23)40-27(32)35-14-10-8-2)15-22(29)25(30)37-19(5)17-36-28(33)38-20(6)18(3)4/h11-12,16,18-20,22H,7-10,13-15,17,29H2,1-6H3/t19-,20?,22-/m0/s1. The first-order valence-electron chi connectivity index (χ1n) is 13.6. The van der Waals surface area contributed by atoms with Crippen molar-refractivity contribution in [3.63, 3.8) is 0 Å². The summed E-state index contributed by atoms with van der Waals surface area (Å²) in [5.74, 6) is -0.791. The summed E-state index contributed by atoms with van der Waals surface area (Å²) in [4.78, 5) is 48.5. The van der Waals surface area contributed by atoms with Gasteiger partial charge in [-0.25, -0.2) is 14.4 Å². The third-order valence-corrected chi connectivity index (χ3v) is 5.56. The molecule has 0 aliphatic rings. The number of hydrogen-bond donors (Lipinski definition) is 1. The summed E-state index contributed by atoms with van der Waals surface area (Å²) >= 11 is 0. The fourth-order valence-electron chi connectivity index (χ4n) is 2.85. The summed E-state index contributed by atoms with van der Waals surface area (Å²) in [6, 6.07) is 3.26. The highest BCUT2D eigenvalue weighted by Gasteiger charge is 2.23. The van der Waals surface area contributed by atoms with Crippen LogP contribution in [0.25, 0.3) is 0 Å². The third kappa shape index (κ3) is 14.0. The summed E-state index contributed by atoms with van der Waals surface area (Å²) in [5, 5.41) is 0. The molecule has 1 aromatic carbocycles. The predicted molar refractivity (Wildman–Crippen MR) is 144 cm³/mol. The Bertz CT molecular complexity index is 950. The Hall–Kier alpha value is -3.54. The Morgan fingerprint density at radius 1 is 0.775 bits per heavy atom. The van der Waals surface area contributed by atoms with E-state index in [0.717, 1.165) is 12.8 Å². The van der Waals surface area contributed by atoms with E-state index in [4.69, 9.17) is 38.9 Å². The molecule has 0 saturated carbocycles. The number of nitrogens with two attached hydrogens (primary N) is 1. The molecule has 0 heterocycles. The van der Waals surface area contributed by atoms with Crippen molar-refractivity contribution in [2.75, 3.05) is 19.8 Å². The van der Waals surface area contributed by atoms with Gasteiger partial charge in [-0.1, -0.05) is 46.6 Å². The first-order chi connectivity index (χ1) is 19.0. The van der Waals surface area contributed by atoms with Gasteiger partial charge in [0.1, 0.15) is 24.9 Å². The monoisotopic (exact) mass is 569 g/mol. The van der Waals surface area contributed by atoms with Crippen molar-refractivity contribution >= 4 is 24.4 Å². The second-order valence-electron chi connectivity index (χ2n) is 9.58. The van der Waals surface area contributed by atoms with Gasteiger partial charge in [0.25, 0.3) is 0 Å². The molecule has 0 aromatic heterocycles. The molecule has 0 radical (unpaired) electrons. The van der Waals surface area contributed by atoms with Crippen LogP contribution in [0.2, 0.25) is 0 Å². The zero-order valence-electron chi connectivity index (χ0n) is 24.3. The number of ether oxygens (including phenoxy) is 7. The van der Waals surface area contributed by atoms with Crippen molar-refractivity contribution < 1.29 is 52.3 Å². The average molecular weight is 570 g/mol. The second kappa shape index (κ2) is 18.7. The van der Waals surface area contributed by atoms with Gasteiger partial charge in [-0.15, -0.1) is 0 Å². The molecular formula is C28H43NO11. The number of benzene rings is 1. The smallest absolute Gasteiger partial charge is 0.458 e. The Labute approximate surface area is 235 Å². The van der Waals surface area contributed by atoms with Crippen LogP contribution in [0.4, 0.5) is 14.4 Å². The molecule has 1 rings (SSSR count). The van der Waals surface area contributed by atoms with E-state index in [-0.39, 0.29) is 49.8 Å². The van der Waals surface area contributed by atoms with E-state index in [1.54, 1.807) is 19.9 Å². The van der Waals surface area contributed by atoms with Crippen molar-refractivity contribution in [2.45, 2.75) is 91.9 Å². The topological polar surface area (TPSA) is 159 Å². The van der Waals surface area contributed by atoms with Crippen molar-refractivity contribution in [3.05, 3.63) is 23.8 Å². The minimum atomic E-state index is -1.09. The fourth-order valence-corrected chi connectivity index (χ4v) is 2.85. The van der Waals surface area contributed by atoms with E-state index in [9.17, 15) is 19.2 Å². The second-order valence-corrected chi connectivity index (χ2v) is 9.58. The van der Waals surface area contributed by atoms with Crippen LogP contribution in [-0.2, 0) is 34.9 Å². The maximum atomic E-state index is 12.5. The van der Waals surface area contributed by atoms with Crippen LogP contribution in [0.1, 0.15) is 72.8 Å². The molecule has 12 heteroatoms. The molecule has 0 spiro atoms. The van der Waals surface area contributed by atoms with Gasteiger partial charge < -0.3 is 38.9 Å². The van der Waals surface area contributed by atoms with E-state index in [1.807, 2.05) is 27.7 Å². The first-order valence-corrected chi connectivity index (χ1v) is 13.6. The molecule has 0 aliphatic carbocycles. The molecule has 3 atom stereocenters. The number of hydrogen-bond acceptors (Lipinski definition) is 12. The highest BCUT2D eigenvalue weighted by Crippen LogP contribution is 2.30. The highest BCUT2D eigenvalue weighted by atomic mass is 16.7. The quantitative estimate of drug-likeness (QED) is 0.118. The lowest BCUT2D eigenvalue weighted by molar-refractivity contribution is -0.152. The van der Waals surface area contributed by atoms with Crippen LogP contribution in [0.3, 0.4) is 0 Å². The van der Waals surface area contributed by atoms with Crippen LogP contribution in [0, 0.1) is 5.92 Å². The molecular weight excluding hydrogens is 526 g/mol. The highest BCUT2D eigenvalue weighted by molar-refractivity contribution is 5.76. The molecule has 2 N–H and O–H groups in total. The number of carbonyl (C=O) groups excluding carboxylic acids is 4. The predicted octanol–water partition coefficient (Wildman–Crippen LogP) is 5.32. The zero-order valence-corrected chi connectivity index (χ0v) is 24.3. The van der Waals surface area contributed by atoms with Crippen LogP contribution in [0.5, 0.6) is 11.5 Å². The minimum Gasteiger partial charge on any atom is -0.458 e. The molecule has 0 aliphatic heterocycles. The van der Waals surface area contributed by atoms with Crippen LogP contribution in [-0.4, -0.2) is 62.5 Å². The zero-order chi connectivity index (χ0) is 30.1. The molecule has 40 heavy (non-hydrogen) atoms. The molecule has 1 aromatic rings. The van der Waals surface area contributed by atoms with E-state index in [2.05, 4.69) is 0 Å². The van der Waals surface area contributed by atoms with Crippen molar-refractivity contribution in [1.29, 1.82) is 0 Å². The molecule has 0 saturated heterocycles. The minimum absolute atomic E-state index is 0.00280. The normalized spacial score (nSPS) is 13.0. The Kier molecular flexibility index (Phi) is 16.1. The molecule has 0 bridgehead atoms. The van der Waals surface area contributed by atoms with E-state index >= 15 is 0 Å². The molecule has 0 amide bonds. The summed E-state index contributed by atoms with van der Waals surface area (Å²) in [7, 11) is 0. The summed E-state index contributed by atoms with van der Waals surface area (Å²) in [5.41, 5.74) is 6.52. The Morgan fingerprint density at radius 3 is 1.90 bits per heavy atom. The molecule has 1 unspecified atom stereocenters. The molecule has 226 valence electrons. The summed E-state index contributed by atoms with van der Waals surface area (Å²) in [6.07, 6.45) is -0.908. The largest absolute Gasteiger partial charge is 0.513 e.